The fraction of sp³-hybridized carbons (Fsp3) is 0.308. The molecule has 0 fully saturated rings. The van der Waals surface area contributed by atoms with E-state index in [-0.39, 0.29) is 6.04 Å². The molecular formula is C13H16N2OS. The van der Waals surface area contributed by atoms with E-state index in [0.717, 1.165) is 17.1 Å². The third-order valence-electron chi connectivity index (χ3n) is 2.62. The lowest BCUT2D eigenvalue weighted by Crippen LogP contribution is -2.08. The van der Waals surface area contributed by atoms with Gasteiger partial charge in [-0.15, -0.1) is 11.3 Å². The number of rotatable bonds is 4. The van der Waals surface area contributed by atoms with Crippen molar-refractivity contribution in [2.45, 2.75) is 19.9 Å². The highest BCUT2D eigenvalue weighted by Crippen LogP contribution is 2.28. The topological polar surface area (TPSA) is 34.1 Å². The van der Waals surface area contributed by atoms with Gasteiger partial charge in [0.05, 0.1) is 30.0 Å². The van der Waals surface area contributed by atoms with Gasteiger partial charge in [-0.3, -0.25) is 0 Å². The summed E-state index contributed by atoms with van der Waals surface area (Å²) in [6.07, 6.45) is 0. The van der Waals surface area contributed by atoms with E-state index in [4.69, 9.17) is 4.74 Å². The molecule has 0 aliphatic rings. The Morgan fingerprint density at radius 3 is 2.88 bits per heavy atom. The molecule has 90 valence electrons. The number of nitrogens with zero attached hydrogens (tertiary/aromatic N) is 1. The fourth-order valence-corrected chi connectivity index (χ4v) is 2.33. The normalized spacial score (nSPS) is 12.2. The third-order valence-corrected chi connectivity index (χ3v) is 3.23. The zero-order chi connectivity index (χ0) is 12.3. The number of thiazole rings is 1. The van der Waals surface area contributed by atoms with Crippen LogP contribution in [0.3, 0.4) is 0 Å². The second-order valence-corrected chi connectivity index (χ2v) is 4.70. The second kappa shape index (κ2) is 5.19. The molecule has 0 aliphatic carbocycles. The maximum Gasteiger partial charge on any atom is 0.141 e. The molecule has 2 aromatic rings. The minimum absolute atomic E-state index is 0.178. The molecule has 1 unspecified atom stereocenters. The molecular weight excluding hydrogens is 232 g/mol. The van der Waals surface area contributed by atoms with Crippen molar-refractivity contribution in [3.63, 3.8) is 0 Å². The summed E-state index contributed by atoms with van der Waals surface area (Å²) >= 11 is 1.61. The predicted molar refractivity (Wildman–Crippen MR) is 71.9 cm³/mol. The molecule has 0 saturated carbocycles. The lowest BCUT2D eigenvalue weighted by Gasteiger charge is -2.16. The van der Waals surface area contributed by atoms with E-state index in [1.165, 1.54) is 5.56 Å². The van der Waals surface area contributed by atoms with E-state index < -0.39 is 0 Å². The molecule has 1 aromatic carbocycles. The summed E-state index contributed by atoms with van der Waals surface area (Å²) in [4.78, 5) is 4.31. The van der Waals surface area contributed by atoms with Gasteiger partial charge >= 0.3 is 0 Å². The van der Waals surface area contributed by atoms with Crippen molar-refractivity contribution in [3.05, 3.63) is 40.3 Å². The number of hydrogen-bond donors (Lipinski definition) is 1. The second-order valence-electron chi connectivity index (χ2n) is 3.98. The Balaban J connectivity index is 2.20. The van der Waals surface area contributed by atoms with Crippen LogP contribution in [0.5, 0.6) is 5.75 Å². The van der Waals surface area contributed by atoms with Crippen LogP contribution >= 0.6 is 11.3 Å². The Kier molecular flexibility index (Phi) is 3.64. The van der Waals surface area contributed by atoms with Crippen LogP contribution in [0, 0.1) is 6.92 Å². The van der Waals surface area contributed by atoms with Gasteiger partial charge in [0.1, 0.15) is 5.75 Å². The molecule has 17 heavy (non-hydrogen) atoms. The number of aromatic nitrogens is 1. The minimum Gasteiger partial charge on any atom is -0.495 e. The molecule has 2 rings (SSSR count). The van der Waals surface area contributed by atoms with Crippen molar-refractivity contribution in [1.82, 2.24) is 4.98 Å². The summed E-state index contributed by atoms with van der Waals surface area (Å²) in [6.45, 7) is 4.16. The lowest BCUT2D eigenvalue weighted by atomic mass is 10.2. The van der Waals surface area contributed by atoms with E-state index in [0.29, 0.717) is 0 Å². The average molecular weight is 248 g/mol. The first-order valence-electron chi connectivity index (χ1n) is 5.50. The summed E-state index contributed by atoms with van der Waals surface area (Å²) in [5, 5.41) is 5.48. The third kappa shape index (κ3) is 2.77. The number of methoxy groups -OCH3 is 1. The molecule has 0 aliphatic heterocycles. The zero-order valence-corrected chi connectivity index (χ0v) is 11.0. The molecule has 1 heterocycles. The Labute approximate surface area is 105 Å². The Morgan fingerprint density at radius 1 is 1.41 bits per heavy atom. The summed E-state index contributed by atoms with van der Waals surface area (Å²) in [5.41, 5.74) is 5.12. The first-order valence-corrected chi connectivity index (χ1v) is 6.44. The van der Waals surface area contributed by atoms with Crippen LogP contribution in [0.25, 0.3) is 0 Å². The maximum atomic E-state index is 5.34. The average Bonchev–Trinajstić information content (AvgIpc) is 2.83. The lowest BCUT2D eigenvalue weighted by molar-refractivity contribution is 0.416. The zero-order valence-electron chi connectivity index (χ0n) is 10.2. The summed E-state index contributed by atoms with van der Waals surface area (Å²) in [6, 6.07) is 6.28. The predicted octanol–water partition coefficient (Wildman–Crippen LogP) is 3.63. The molecule has 1 aromatic heterocycles. The number of hydrogen-bond acceptors (Lipinski definition) is 4. The van der Waals surface area contributed by atoms with Crippen molar-refractivity contribution in [3.8, 4) is 5.75 Å². The quantitative estimate of drug-likeness (QED) is 0.897. The van der Waals surface area contributed by atoms with Crippen molar-refractivity contribution >= 4 is 17.0 Å². The van der Waals surface area contributed by atoms with Gasteiger partial charge in [0.2, 0.25) is 0 Å². The van der Waals surface area contributed by atoms with Gasteiger partial charge in [-0.25, -0.2) is 4.98 Å². The summed E-state index contributed by atoms with van der Waals surface area (Å²) in [5.74, 6) is 0.859. The number of benzene rings is 1. The van der Waals surface area contributed by atoms with Crippen LogP contribution in [-0.4, -0.2) is 12.1 Å². The molecule has 3 nitrogen and oxygen atoms in total. The van der Waals surface area contributed by atoms with Crippen LogP contribution in [-0.2, 0) is 0 Å². The number of ether oxygens (including phenoxy) is 1. The highest BCUT2D eigenvalue weighted by molar-refractivity contribution is 7.07. The monoisotopic (exact) mass is 248 g/mol. The standard InChI is InChI=1S/C13H16N2OS/c1-9-4-5-13(16-3)11(6-9)15-10(2)12-7-17-8-14-12/h4-8,10,15H,1-3H3. The first kappa shape index (κ1) is 11.9. The molecule has 0 radical (unpaired) electrons. The smallest absolute Gasteiger partial charge is 0.141 e. The molecule has 0 amide bonds. The van der Waals surface area contributed by atoms with Crippen LogP contribution < -0.4 is 10.1 Å². The van der Waals surface area contributed by atoms with Crippen molar-refractivity contribution in [2.24, 2.45) is 0 Å². The SMILES string of the molecule is COc1ccc(C)cc1NC(C)c1cscn1. The van der Waals surface area contributed by atoms with Crippen LogP contribution in [0.15, 0.2) is 29.1 Å². The Hall–Kier alpha value is -1.55. The van der Waals surface area contributed by atoms with Gasteiger partial charge in [-0.2, -0.15) is 0 Å². The molecule has 4 heteroatoms. The van der Waals surface area contributed by atoms with Crippen LogP contribution in [0.4, 0.5) is 5.69 Å². The molecule has 0 saturated heterocycles. The van der Waals surface area contributed by atoms with Gasteiger partial charge < -0.3 is 10.1 Å². The highest BCUT2D eigenvalue weighted by atomic mass is 32.1. The molecule has 1 atom stereocenters. The van der Waals surface area contributed by atoms with Gasteiger partial charge in [0.15, 0.2) is 0 Å². The van der Waals surface area contributed by atoms with Gasteiger partial charge in [0, 0.05) is 5.38 Å². The minimum atomic E-state index is 0.178. The largest absolute Gasteiger partial charge is 0.495 e. The first-order chi connectivity index (χ1) is 8.20. The highest BCUT2D eigenvalue weighted by Gasteiger charge is 2.10. The fourth-order valence-electron chi connectivity index (χ4n) is 1.68. The summed E-state index contributed by atoms with van der Waals surface area (Å²) < 4.78 is 5.34. The van der Waals surface area contributed by atoms with E-state index in [9.17, 15) is 0 Å². The van der Waals surface area contributed by atoms with Crippen molar-refractivity contribution in [1.29, 1.82) is 0 Å². The summed E-state index contributed by atoms with van der Waals surface area (Å²) in [7, 11) is 1.68. The van der Waals surface area contributed by atoms with Crippen molar-refractivity contribution < 1.29 is 4.74 Å². The molecule has 1 N–H and O–H groups in total. The number of aryl methyl sites for hydroxylation is 1. The molecule has 0 spiro atoms. The van der Waals surface area contributed by atoms with Crippen LogP contribution in [0.1, 0.15) is 24.2 Å². The number of nitrogens with one attached hydrogen (secondary N) is 1. The van der Waals surface area contributed by atoms with Gasteiger partial charge in [-0.1, -0.05) is 6.07 Å². The van der Waals surface area contributed by atoms with E-state index >= 15 is 0 Å². The van der Waals surface area contributed by atoms with Crippen molar-refractivity contribution in [2.75, 3.05) is 12.4 Å². The van der Waals surface area contributed by atoms with E-state index in [1.807, 2.05) is 17.6 Å². The Bertz CT molecular complexity index is 482. The number of anilines is 1. The van der Waals surface area contributed by atoms with E-state index in [2.05, 4.69) is 35.6 Å². The molecule has 0 bridgehead atoms. The van der Waals surface area contributed by atoms with Gasteiger partial charge in [-0.05, 0) is 31.5 Å². The van der Waals surface area contributed by atoms with E-state index in [1.54, 1.807) is 18.4 Å². The Morgan fingerprint density at radius 2 is 2.24 bits per heavy atom. The van der Waals surface area contributed by atoms with Crippen LogP contribution in [0.2, 0.25) is 0 Å². The van der Waals surface area contributed by atoms with Gasteiger partial charge in [0.25, 0.3) is 0 Å². The maximum absolute atomic E-state index is 5.34.